The molecule has 0 aliphatic rings. The van der Waals surface area contributed by atoms with Crippen LogP contribution in [0, 0.1) is 0 Å². The van der Waals surface area contributed by atoms with Gasteiger partial charge < -0.3 is 19.2 Å². The quantitative estimate of drug-likeness (QED) is 0.775. The lowest BCUT2D eigenvalue weighted by molar-refractivity contribution is 0.146. The summed E-state index contributed by atoms with van der Waals surface area (Å²) in [5.74, 6) is 1.76. The molecular formula is C15H19NO3. The minimum atomic E-state index is 0.134. The zero-order valence-electron chi connectivity index (χ0n) is 11.3. The number of anilines is 1. The zero-order chi connectivity index (χ0) is 13.5. The molecular weight excluding hydrogens is 242 g/mol. The van der Waals surface area contributed by atoms with Crippen molar-refractivity contribution in [1.82, 2.24) is 0 Å². The largest absolute Gasteiger partial charge is 0.491 e. The first kappa shape index (κ1) is 13.5. The lowest BCUT2D eigenvalue weighted by atomic mass is 10.2. The Balaban J connectivity index is 1.88. The molecule has 4 nitrogen and oxygen atoms in total. The lowest BCUT2D eigenvalue weighted by Gasteiger charge is -2.13. The summed E-state index contributed by atoms with van der Waals surface area (Å²) in [6, 6.07) is 11.8. The van der Waals surface area contributed by atoms with Crippen molar-refractivity contribution >= 4 is 5.69 Å². The number of furan rings is 1. The molecule has 0 saturated heterocycles. The highest BCUT2D eigenvalue weighted by Gasteiger charge is 2.07. The Morgan fingerprint density at radius 3 is 2.58 bits per heavy atom. The molecule has 4 heteroatoms. The van der Waals surface area contributed by atoms with E-state index in [2.05, 4.69) is 12.2 Å². The Bertz CT molecular complexity index is 465. The van der Waals surface area contributed by atoms with Crippen molar-refractivity contribution in [2.45, 2.75) is 13.0 Å². The maximum Gasteiger partial charge on any atom is 0.125 e. The Morgan fingerprint density at radius 2 is 1.95 bits per heavy atom. The average Bonchev–Trinajstić information content (AvgIpc) is 2.95. The third-order valence-electron chi connectivity index (χ3n) is 2.76. The standard InChI is InChI=1S/C15H19NO3/c1-12(15-4-3-9-19-15)16-13-5-7-14(8-6-13)18-11-10-17-2/h3-9,12,16H,10-11H2,1-2H3. The van der Waals surface area contributed by atoms with Crippen molar-refractivity contribution in [2.24, 2.45) is 0 Å². The summed E-state index contributed by atoms with van der Waals surface area (Å²) in [6.45, 7) is 3.21. The molecule has 0 bridgehead atoms. The van der Waals surface area contributed by atoms with Crippen LogP contribution in [0.3, 0.4) is 0 Å². The summed E-state index contributed by atoms with van der Waals surface area (Å²) in [7, 11) is 1.66. The first-order valence-electron chi connectivity index (χ1n) is 6.31. The molecule has 0 saturated carbocycles. The Hall–Kier alpha value is -1.94. The van der Waals surface area contributed by atoms with Crippen LogP contribution in [0.25, 0.3) is 0 Å². The van der Waals surface area contributed by atoms with Gasteiger partial charge in [0.05, 0.1) is 18.9 Å². The van der Waals surface area contributed by atoms with Crippen LogP contribution in [-0.2, 0) is 4.74 Å². The predicted octanol–water partition coefficient (Wildman–Crippen LogP) is 3.48. The Labute approximate surface area is 113 Å². The van der Waals surface area contributed by atoms with Crippen molar-refractivity contribution in [3.63, 3.8) is 0 Å². The summed E-state index contributed by atoms with van der Waals surface area (Å²) in [4.78, 5) is 0. The maximum atomic E-state index is 5.51. The highest BCUT2D eigenvalue weighted by molar-refractivity contribution is 5.47. The number of methoxy groups -OCH3 is 1. The second-order valence-electron chi connectivity index (χ2n) is 4.25. The molecule has 1 aromatic carbocycles. The van der Waals surface area contributed by atoms with Gasteiger partial charge in [-0.25, -0.2) is 0 Å². The van der Waals surface area contributed by atoms with Crippen LogP contribution in [-0.4, -0.2) is 20.3 Å². The van der Waals surface area contributed by atoms with Crippen molar-refractivity contribution < 1.29 is 13.9 Å². The second-order valence-corrected chi connectivity index (χ2v) is 4.25. The molecule has 0 aliphatic heterocycles. The van der Waals surface area contributed by atoms with Gasteiger partial charge in [-0.1, -0.05) is 0 Å². The molecule has 0 amide bonds. The molecule has 102 valence electrons. The molecule has 1 atom stereocenters. The van der Waals surface area contributed by atoms with Crippen LogP contribution in [0.15, 0.2) is 47.1 Å². The van der Waals surface area contributed by atoms with Gasteiger partial charge in [0, 0.05) is 12.8 Å². The number of ether oxygens (including phenoxy) is 2. The molecule has 1 unspecified atom stereocenters. The molecule has 0 fully saturated rings. The van der Waals surface area contributed by atoms with Crippen LogP contribution in [0.5, 0.6) is 5.75 Å². The van der Waals surface area contributed by atoms with Crippen LogP contribution in [0.2, 0.25) is 0 Å². The zero-order valence-corrected chi connectivity index (χ0v) is 11.3. The van der Waals surface area contributed by atoms with Crippen LogP contribution >= 0.6 is 0 Å². The van der Waals surface area contributed by atoms with Crippen LogP contribution < -0.4 is 10.1 Å². The molecule has 0 radical (unpaired) electrons. The van der Waals surface area contributed by atoms with E-state index in [0.717, 1.165) is 17.2 Å². The van der Waals surface area contributed by atoms with Crippen molar-refractivity contribution in [2.75, 3.05) is 25.6 Å². The number of nitrogens with one attached hydrogen (secondary N) is 1. The fraction of sp³-hybridized carbons (Fsp3) is 0.333. The lowest BCUT2D eigenvalue weighted by Crippen LogP contribution is -2.06. The first-order valence-corrected chi connectivity index (χ1v) is 6.31. The van der Waals surface area contributed by atoms with Crippen molar-refractivity contribution in [3.05, 3.63) is 48.4 Å². The van der Waals surface area contributed by atoms with Gasteiger partial charge in [0.15, 0.2) is 0 Å². The second kappa shape index (κ2) is 6.85. The first-order chi connectivity index (χ1) is 9.29. The van der Waals surface area contributed by atoms with E-state index in [1.54, 1.807) is 13.4 Å². The van der Waals surface area contributed by atoms with E-state index in [1.807, 2.05) is 36.4 Å². The summed E-state index contributed by atoms with van der Waals surface area (Å²) in [6.07, 6.45) is 1.68. The van der Waals surface area contributed by atoms with Gasteiger partial charge in [-0.2, -0.15) is 0 Å². The topological polar surface area (TPSA) is 43.6 Å². The molecule has 1 N–H and O–H groups in total. The highest BCUT2D eigenvalue weighted by Crippen LogP contribution is 2.21. The third-order valence-corrected chi connectivity index (χ3v) is 2.76. The van der Waals surface area contributed by atoms with Gasteiger partial charge in [-0.05, 0) is 43.3 Å². The summed E-state index contributed by atoms with van der Waals surface area (Å²) >= 11 is 0. The minimum absolute atomic E-state index is 0.134. The van der Waals surface area contributed by atoms with E-state index in [-0.39, 0.29) is 6.04 Å². The summed E-state index contributed by atoms with van der Waals surface area (Å²) < 4.78 is 15.8. The molecule has 0 aliphatic carbocycles. The summed E-state index contributed by atoms with van der Waals surface area (Å²) in [5, 5.41) is 3.36. The van der Waals surface area contributed by atoms with Crippen molar-refractivity contribution in [1.29, 1.82) is 0 Å². The van der Waals surface area contributed by atoms with E-state index >= 15 is 0 Å². The highest BCUT2D eigenvalue weighted by atomic mass is 16.5. The molecule has 1 aromatic heterocycles. The fourth-order valence-corrected chi connectivity index (χ4v) is 1.75. The van der Waals surface area contributed by atoms with E-state index < -0.39 is 0 Å². The third kappa shape index (κ3) is 4.03. The Kier molecular flexibility index (Phi) is 4.86. The predicted molar refractivity (Wildman–Crippen MR) is 74.6 cm³/mol. The van der Waals surface area contributed by atoms with E-state index in [4.69, 9.17) is 13.9 Å². The molecule has 2 rings (SSSR count). The van der Waals surface area contributed by atoms with Gasteiger partial charge in [0.25, 0.3) is 0 Å². The smallest absolute Gasteiger partial charge is 0.125 e. The van der Waals surface area contributed by atoms with Crippen LogP contribution in [0.4, 0.5) is 5.69 Å². The van der Waals surface area contributed by atoms with Gasteiger partial charge in [0.2, 0.25) is 0 Å². The average molecular weight is 261 g/mol. The van der Waals surface area contributed by atoms with Gasteiger partial charge >= 0.3 is 0 Å². The van der Waals surface area contributed by atoms with Gasteiger partial charge in [-0.15, -0.1) is 0 Å². The number of hydrogen-bond donors (Lipinski definition) is 1. The van der Waals surface area contributed by atoms with Gasteiger partial charge in [-0.3, -0.25) is 0 Å². The number of benzene rings is 1. The van der Waals surface area contributed by atoms with Crippen LogP contribution in [0.1, 0.15) is 18.7 Å². The molecule has 2 aromatic rings. The number of rotatable bonds is 7. The monoisotopic (exact) mass is 261 g/mol. The normalized spacial score (nSPS) is 12.1. The fourth-order valence-electron chi connectivity index (χ4n) is 1.75. The van der Waals surface area contributed by atoms with E-state index in [1.165, 1.54) is 0 Å². The van der Waals surface area contributed by atoms with Gasteiger partial charge in [0.1, 0.15) is 18.1 Å². The number of hydrogen-bond acceptors (Lipinski definition) is 4. The molecule has 0 spiro atoms. The Morgan fingerprint density at radius 1 is 1.16 bits per heavy atom. The van der Waals surface area contributed by atoms with Crippen molar-refractivity contribution in [3.8, 4) is 5.75 Å². The maximum absolute atomic E-state index is 5.51. The van der Waals surface area contributed by atoms with E-state index in [0.29, 0.717) is 13.2 Å². The summed E-state index contributed by atoms with van der Waals surface area (Å²) in [5.41, 5.74) is 1.03. The van der Waals surface area contributed by atoms with E-state index in [9.17, 15) is 0 Å². The SMILES string of the molecule is COCCOc1ccc(NC(C)c2ccco2)cc1. The molecule has 19 heavy (non-hydrogen) atoms. The minimum Gasteiger partial charge on any atom is -0.491 e. The molecule has 1 heterocycles.